The van der Waals surface area contributed by atoms with Crippen LogP contribution in [0.25, 0.3) is 0 Å². The minimum absolute atomic E-state index is 0.0204. The second-order valence-corrected chi connectivity index (χ2v) is 6.52. The molecule has 0 aromatic heterocycles. The smallest absolute Gasteiger partial charge is 0.310 e. The third kappa shape index (κ3) is 3.83. The normalized spacial score (nSPS) is 20.0. The molecule has 0 radical (unpaired) electrons. The standard InChI is InChI=1S/C21H25NO4/c1-24-16-9-10-17(20(11-16)25-2)18-13-22(14-19(18)21(23)26-3)12-15-7-5-4-6-8-15/h4-11,18-19H,12-14H2,1-3H3/t18-,19+/m0/s1. The first-order valence-corrected chi connectivity index (χ1v) is 8.72. The zero-order valence-electron chi connectivity index (χ0n) is 15.5. The van der Waals surface area contributed by atoms with Crippen molar-refractivity contribution in [3.8, 4) is 11.5 Å². The van der Waals surface area contributed by atoms with E-state index in [4.69, 9.17) is 14.2 Å². The average Bonchev–Trinajstić information content (AvgIpc) is 3.11. The van der Waals surface area contributed by atoms with Crippen LogP contribution in [0.4, 0.5) is 0 Å². The van der Waals surface area contributed by atoms with Crippen molar-refractivity contribution in [3.63, 3.8) is 0 Å². The van der Waals surface area contributed by atoms with Gasteiger partial charge in [0.1, 0.15) is 11.5 Å². The summed E-state index contributed by atoms with van der Waals surface area (Å²) >= 11 is 0. The molecule has 0 saturated carbocycles. The first-order chi connectivity index (χ1) is 12.7. The Kier molecular flexibility index (Phi) is 5.78. The van der Waals surface area contributed by atoms with E-state index in [1.165, 1.54) is 12.7 Å². The van der Waals surface area contributed by atoms with Gasteiger partial charge in [0.2, 0.25) is 0 Å². The highest BCUT2D eigenvalue weighted by atomic mass is 16.5. The van der Waals surface area contributed by atoms with Crippen LogP contribution < -0.4 is 9.47 Å². The van der Waals surface area contributed by atoms with E-state index in [9.17, 15) is 4.79 Å². The van der Waals surface area contributed by atoms with Crippen LogP contribution in [0.15, 0.2) is 48.5 Å². The lowest BCUT2D eigenvalue weighted by atomic mass is 9.88. The first-order valence-electron chi connectivity index (χ1n) is 8.72. The number of methoxy groups -OCH3 is 3. The molecule has 26 heavy (non-hydrogen) atoms. The molecule has 0 aliphatic carbocycles. The summed E-state index contributed by atoms with van der Waals surface area (Å²) in [5.41, 5.74) is 2.25. The van der Waals surface area contributed by atoms with Crippen molar-refractivity contribution in [1.29, 1.82) is 0 Å². The van der Waals surface area contributed by atoms with Crippen molar-refractivity contribution in [1.82, 2.24) is 4.90 Å². The second-order valence-electron chi connectivity index (χ2n) is 6.52. The molecule has 0 amide bonds. The number of hydrogen-bond acceptors (Lipinski definition) is 5. The predicted molar refractivity (Wildman–Crippen MR) is 99.5 cm³/mol. The first kappa shape index (κ1) is 18.3. The highest BCUT2D eigenvalue weighted by Crippen LogP contribution is 2.40. The molecular formula is C21H25NO4. The van der Waals surface area contributed by atoms with E-state index in [1.54, 1.807) is 14.2 Å². The summed E-state index contributed by atoms with van der Waals surface area (Å²) < 4.78 is 15.9. The molecule has 5 nitrogen and oxygen atoms in total. The second kappa shape index (κ2) is 8.23. The maximum Gasteiger partial charge on any atom is 0.310 e. The number of nitrogens with zero attached hydrogens (tertiary/aromatic N) is 1. The van der Waals surface area contributed by atoms with Gasteiger partial charge >= 0.3 is 5.97 Å². The summed E-state index contributed by atoms with van der Waals surface area (Å²) in [7, 11) is 4.72. The number of rotatable bonds is 6. The summed E-state index contributed by atoms with van der Waals surface area (Å²) in [6.07, 6.45) is 0. The minimum Gasteiger partial charge on any atom is -0.497 e. The maximum atomic E-state index is 12.4. The average molecular weight is 355 g/mol. The fraction of sp³-hybridized carbons (Fsp3) is 0.381. The lowest BCUT2D eigenvalue weighted by Crippen LogP contribution is -2.24. The van der Waals surface area contributed by atoms with Gasteiger partial charge in [0.25, 0.3) is 0 Å². The third-order valence-corrected chi connectivity index (χ3v) is 4.99. The maximum absolute atomic E-state index is 12.4. The highest BCUT2D eigenvalue weighted by Gasteiger charge is 2.40. The van der Waals surface area contributed by atoms with Crippen molar-refractivity contribution in [3.05, 3.63) is 59.7 Å². The van der Waals surface area contributed by atoms with Crippen LogP contribution in [-0.4, -0.2) is 45.3 Å². The number of ether oxygens (including phenoxy) is 3. The van der Waals surface area contributed by atoms with Gasteiger partial charge in [-0.3, -0.25) is 9.69 Å². The van der Waals surface area contributed by atoms with E-state index in [1.807, 2.05) is 36.4 Å². The minimum atomic E-state index is -0.217. The molecule has 2 aromatic carbocycles. The predicted octanol–water partition coefficient (Wildman–Crippen LogP) is 3.09. The Morgan fingerprint density at radius 3 is 2.46 bits per heavy atom. The molecule has 138 valence electrons. The van der Waals surface area contributed by atoms with Crippen LogP contribution in [0, 0.1) is 5.92 Å². The van der Waals surface area contributed by atoms with Gasteiger partial charge in [-0.25, -0.2) is 0 Å². The van der Waals surface area contributed by atoms with Crippen LogP contribution in [0.5, 0.6) is 11.5 Å². The van der Waals surface area contributed by atoms with Crippen LogP contribution in [0.2, 0.25) is 0 Å². The Balaban J connectivity index is 1.87. The lowest BCUT2D eigenvalue weighted by molar-refractivity contribution is -0.145. The Bertz CT molecular complexity index is 747. The number of likely N-dealkylation sites (tertiary alicyclic amines) is 1. The van der Waals surface area contributed by atoms with E-state index < -0.39 is 0 Å². The monoisotopic (exact) mass is 355 g/mol. The Hall–Kier alpha value is -2.53. The van der Waals surface area contributed by atoms with Gasteiger partial charge in [-0.05, 0) is 17.2 Å². The molecule has 1 aliphatic rings. The summed E-state index contributed by atoms with van der Waals surface area (Å²) in [4.78, 5) is 14.7. The summed E-state index contributed by atoms with van der Waals surface area (Å²) in [5, 5.41) is 0. The van der Waals surface area contributed by atoms with Gasteiger partial charge in [0, 0.05) is 31.6 Å². The van der Waals surface area contributed by atoms with E-state index in [-0.39, 0.29) is 17.8 Å². The number of carbonyl (C=O) groups is 1. The van der Waals surface area contributed by atoms with Gasteiger partial charge < -0.3 is 14.2 Å². The highest BCUT2D eigenvalue weighted by molar-refractivity contribution is 5.75. The van der Waals surface area contributed by atoms with Gasteiger partial charge in [-0.15, -0.1) is 0 Å². The Morgan fingerprint density at radius 1 is 1.04 bits per heavy atom. The zero-order chi connectivity index (χ0) is 18.5. The van der Waals surface area contributed by atoms with Crippen molar-refractivity contribution in [2.45, 2.75) is 12.5 Å². The van der Waals surface area contributed by atoms with E-state index in [2.05, 4.69) is 17.0 Å². The quantitative estimate of drug-likeness (QED) is 0.745. The zero-order valence-corrected chi connectivity index (χ0v) is 15.5. The van der Waals surface area contributed by atoms with Gasteiger partial charge in [0.15, 0.2) is 0 Å². The topological polar surface area (TPSA) is 48.0 Å². The SMILES string of the molecule is COC(=O)[C@@H]1CN(Cc2ccccc2)C[C@H]1c1ccc(OC)cc1OC. The molecular weight excluding hydrogens is 330 g/mol. The lowest BCUT2D eigenvalue weighted by Gasteiger charge is -2.20. The third-order valence-electron chi connectivity index (χ3n) is 4.99. The van der Waals surface area contributed by atoms with Crippen molar-refractivity contribution >= 4 is 5.97 Å². The molecule has 0 unspecified atom stereocenters. The molecule has 0 N–H and O–H groups in total. The largest absolute Gasteiger partial charge is 0.497 e. The molecule has 0 bridgehead atoms. The summed E-state index contributed by atoms with van der Waals surface area (Å²) in [6.45, 7) is 2.25. The Morgan fingerprint density at radius 2 is 1.81 bits per heavy atom. The van der Waals surface area contributed by atoms with E-state index in [0.717, 1.165) is 30.2 Å². The van der Waals surface area contributed by atoms with Crippen LogP contribution in [-0.2, 0) is 16.1 Å². The van der Waals surface area contributed by atoms with Crippen molar-refractivity contribution in [2.75, 3.05) is 34.4 Å². The van der Waals surface area contributed by atoms with E-state index >= 15 is 0 Å². The Labute approximate surface area is 154 Å². The van der Waals surface area contributed by atoms with Crippen LogP contribution >= 0.6 is 0 Å². The summed E-state index contributed by atoms with van der Waals surface area (Å²) in [5.74, 6) is 1.10. The van der Waals surface area contributed by atoms with Gasteiger partial charge in [-0.1, -0.05) is 36.4 Å². The van der Waals surface area contributed by atoms with Gasteiger partial charge in [0.05, 0.1) is 27.2 Å². The van der Waals surface area contributed by atoms with Crippen molar-refractivity contribution in [2.24, 2.45) is 5.92 Å². The number of esters is 1. The molecule has 1 heterocycles. The molecule has 2 atom stereocenters. The molecule has 2 aromatic rings. The molecule has 1 fully saturated rings. The van der Waals surface area contributed by atoms with Crippen LogP contribution in [0.1, 0.15) is 17.0 Å². The summed E-state index contributed by atoms with van der Waals surface area (Å²) in [6, 6.07) is 16.1. The molecule has 1 saturated heterocycles. The number of benzene rings is 2. The molecule has 3 rings (SSSR count). The fourth-order valence-corrected chi connectivity index (χ4v) is 3.69. The number of carbonyl (C=O) groups excluding carboxylic acids is 1. The molecule has 5 heteroatoms. The van der Waals surface area contributed by atoms with E-state index in [0.29, 0.717) is 6.54 Å². The number of hydrogen-bond donors (Lipinski definition) is 0. The van der Waals surface area contributed by atoms with Gasteiger partial charge in [-0.2, -0.15) is 0 Å². The molecule has 1 aliphatic heterocycles. The van der Waals surface area contributed by atoms with Crippen molar-refractivity contribution < 1.29 is 19.0 Å². The molecule has 0 spiro atoms. The fourth-order valence-electron chi connectivity index (χ4n) is 3.69. The van der Waals surface area contributed by atoms with Crippen LogP contribution in [0.3, 0.4) is 0 Å².